The van der Waals surface area contributed by atoms with E-state index in [2.05, 4.69) is 15.1 Å². The number of nitro benzene ring substituents is 1. The molecule has 0 atom stereocenters. The van der Waals surface area contributed by atoms with E-state index in [-0.39, 0.29) is 16.7 Å². The molecule has 0 aliphatic rings. The van der Waals surface area contributed by atoms with E-state index in [1.54, 1.807) is 18.2 Å². The van der Waals surface area contributed by atoms with Gasteiger partial charge in [-0.15, -0.1) is 0 Å². The third-order valence-corrected chi connectivity index (χ3v) is 4.58. The maximum absolute atomic E-state index is 14.0. The molecule has 0 unspecified atom stereocenters. The van der Waals surface area contributed by atoms with Gasteiger partial charge in [0.2, 0.25) is 11.8 Å². The summed E-state index contributed by atoms with van der Waals surface area (Å²) < 4.78 is 20.8. The third kappa shape index (κ3) is 3.09. The first kappa shape index (κ1) is 18.6. The lowest BCUT2D eigenvalue weighted by molar-refractivity contribution is -0.387. The summed E-state index contributed by atoms with van der Waals surface area (Å²) in [5.74, 6) is -0.815. The highest BCUT2D eigenvalue weighted by atomic mass is 35.5. The molecule has 0 bridgehead atoms. The highest BCUT2D eigenvalue weighted by Gasteiger charge is 2.22. The fourth-order valence-electron chi connectivity index (χ4n) is 3.02. The summed E-state index contributed by atoms with van der Waals surface area (Å²) in [6.07, 6.45) is 2.93. The van der Waals surface area contributed by atoms with Gasteiger partial charge in [0.15, 0.2) is 0 Å². The van der Waals surface area contributed by atoms with Gasteiger partial charge in [-0.25, -0.2) is 14.5 Å². The van der Waals surface area contributed by atoms with Crippen LogP contribution in [-0.2, 0) is 0 Å². The SMILES string of the molecule is COc1cc(F)c([N+](=O)[O-])cc1-c1cccc2c(-c3nc(N)ncc3Cl)cnn12. The maximum atomic E-state index is 14.0. The summed E-state index contributed by atoms with van der Waals surface area (Å²) in [5, 5.41) is 15.8. The first-order chi connectivity index (χ1) is 13.9. The Kier molecular flexibility index (Phi) is 4.47. The van der Waals surface area contributed by atoms with Crippen LogP contribution in [0.25, 0.3) is 28.0 Å². The van der Waals surface area contributed by atoms with E-state index in [1.807, 2.05) is 0 Å². The van der Waals surface area contributed by atoms with E-state index in [0.29, 0.717) is 28.0 Å². The van der Waals surface area contributed by atoms with Crippen molar-refractivity contribution in [1.29, 1.82) is 0 Å². The van der Waals surface area contributed by atoms with E-state index in [9.17, 15) is 14.5 Å². The minimum atomic E-state index is -0.993. The number of halogens is 2. The van der Waals surface area contributed by atoms with Crippen molar-refractivity contribution >= 4 is 28.8 Å². The number of anilines is 1. The summed E-state index contributed by atoms with van der Waals surface area (Å²) in [6.45, 7) is 0. The van der Waals surface area contributed by atoms with Crippen molar-refractivity contribution in [2.75, 3.05) is 12.8 Å². The molecule has 0 fully saturated rings. The van der Waals surface area contributed by atoms with Crippen LogP contribution in [-0.4, -0.2) is 31.6 Å². The number of nitrogens with two attached hydrogens (primary N) is 1. The standard InChI is InChI=1S/C18H12ClFN6O3/c1-29-16-6-12(20)15(26(27)28)5-9(16)13-3-2-4-14-10(7-23-25(13)14)17-11(19)8-22-18(21)24-17/h2-8H,1H3,(H2,21,22,24). The van der Waals surface area contributed by atoms with Crippen LogP contribution >= 0.6 is 11.6 Å². The van der Waals surface area contributed by atoms with Gasteiger partial charge in [0, 0.05) is 23.3 Å². The van der Waals surface area contributed by atoms with Crippen molar-refractivity contribution in [3.05, 3.63) is 63.7 Å². The number of benzene rings is 1. The van der Waals surface area contributed by atoms with Crippen LogP contribution in [0, 0.1) is 15.9 Å². The Bertz CT molecular complexity index is 1280. The van der Waals surface area contributed by atoms with Gasteiger partial charge in [-0.1, -0.05) is 17.7 Å². The van der Waals surface area contributed by atoms with Crippen molar-refractivity contribution in [3.8, 4) is 28.3 Å². The molecular weight excluding hydrogens is 403 g/mol. The minimum Gasteiger partial charge on any atom is -0.496 e. The Balaban J connectivity index is 1.98. The van der Waals surface area contributed by atoms with Crippen molar-refractivity contribution in [2.24, 2.45) is 0 Å². The molecule has 4 rings (SSSR count). The molecule has 3 aromatic heterocycles. The summed E-state index contributed by atoms with van der Waals surface area (Å²) in [5.41, 5.74) is 7.34. The second kappa shape index (κ2) is 6.99. The van der Waals surface area contributed by atoms with Crippen molar-refractivity contribution in [2.45, 2.75) is 0 Å². The molecular formula is C18H12ClFN6O3. The second-order valence-electron chi connectivity index (χ2n) is 5.95. The fourth-order valence-corrected chi connectivity index (χ4v) is 3.21. The normalized spacial score (nSPS) is 11.0. The minimum absolute atomic E-state index is 0.0516. The third-order valence-electron chi connectivity index (χ3n) is 4.30. The zero-order valence-electron chi connectivity index (χ0n) is 14.8. The summed E-state index contributed by atoms with van der Waals surface area (Å²) in [6, 6.07) is 7.26. The molecule has 29 heavy (non-hydrogen) atoms. The van der Waals surface area contributed by atoms with E-state index in [4.69, 9.17) is 22.1 Å². The molecule has 0 saturated heterocycles. The van der Waals surface area contributed by atoms with Gasteiger partial charge in [-0.3, -0.25) is 10.1 Å². The molecule has 9 nitrogen and oxygen atoms in total. The Morgan fingerprint density at radius 2 is 2.07 bits per heavy atom. The smallest absolute Gasteiger partial charge is 0.305 e. The topological polar surface area (TPSA) is 121 Å². The number of nitrogens with zero attached hydrogens (tertiary/aromatic N) is 5. The van der Waals surface area contributed by atoms with Crippen molar-refractivity contribution in [3.63, 3.8) is 0 Å². The van der Waals surface area contributed by atoms with Crippen LogP contribution in [0.4, 0.5) is 16.0 Å². The van der Waals surface area contributed by atoms with Crippen LogP contribution in [0.2, 0.25) is 5.02 Å². The predicted molar refractivity (Wildman–Crippen MR) is 104 cm³/mol. The summed E-state index contributed by atoms with van der Waals surface area (Å²) in [7, 11) is 1.35. The van der Waals surface area contributed by atoms with E-state index in [0.717, 1.165) is 12.1 Å². The van der Waals surface area contributed by atoms with E-state index < -0.39 is 16.4 Å². The molecule has 0 spiro atoms. The molecule has 1 aromatic carbocycles. The van der Waals surface area contributed by atoms with Crippen molar-refractivity contribution < 1.29 is 14.1 Å². The average molecular weight is 415 g/mol. The molecule has 0 aliphatic heterocycles. The van der Waals surface area contributed by atoms with Crippen molar-refractivity contribution in [1.82, 2.24) is 19.6 Å². The number of hydrogen-bond donors (Lipinski definition) is 1. The molecule has 0 amide bonds. The molecule has 0 saturated carbocycles. The molecule has 0 aliphatic carbocycles. The van der Waals surface area contributed by atoms with Crippen LogP contribution < -0.4 is 10.5 Å². The lowest BCUT2D eigenvalue weighted by Gasteiger charge is -2.11. The Labute approximate surface area is 167 Å². The monoisotopic (exact) mass is 414 g/mol. The van der Waals surface area contributed by atoms with Gasteiger partial charge in [-0.05, 0) is 12.1 Å². The quantitative estimate of drug-likeness (QED) is 0.398. The number of fused-ring (bicyclic) bond motifs is 1. The summed E-state index contributed by atoms with van der Waals surface area (Å²) >= 11 is 6.21. The number of ether oxygens (including phenoxy) is 1. The molecule has 146 valence electrons. The molecule has 0 radical (unpaired) electrons. The lowest BCUT2D eigenvalue weighted by Crippen LogP contribution is -2.00. The van der Waals surface area contributed by atoms with E-state index >= 15 is 0 Å². The zero-order chi connectivity index (χ0) is 20.7. The number of nitrogen functional groups attached to an aromatic ring is 1. The van der Waals surface area contributed by atoms with Gasteiger partial charge in [0.25, 0.3) is 0 Å². The highest BCUT2D eigenvalue weighted by Crippen LogP contribution is 2.37. The number of aromatic nitrogens is 4. The number of pyridine rings is 1. The summed E-state index contributed by atoms with van der Waals surface area (Å²) in [4.78, 5) is 18.4. The Morgan fingerprint density at radius 1 is 1.28 bits per heavy atom. The van der Waals surface area contributed by atoms with Crippen LogP contribution in [0.5, 0.6) is 5.75 Å². The highest BCUT2D eigenvalue weighted by molar-refractivity contribution is 6.33. The maximum Gasteiger partial charge on any atom is 0.305 e. The molecule has 11 heteroatoms. The van der Waals surface area contributed by atoms with Gasteiger partial charge < -0.3 is 10.5 Å². The lowest BCUT2D eigenvalue weighted by atomic mass is 10.1. The second-order valence-corrected chi connectivity index (χ2v) is 6.36. The van der Waals surface area contributed by atoms with Gasteiger partial charge in [0.05, 0.1) is 46.4 Å². The van der Waals surface area contributed by atoms with Crippen LogP contribution in [0.1, 0.15) is 0 Å². The number of nitro groups is 1. The number of methoxy groups -OCH3 is 1. The zero-order valence-corrected chi connectivity index (χ0v) is 15.6. The van der Waals surface area contributed by atoms with Crippen LogP contribution in [0.3, 0.4) is 0 Å². The number of rotatable bonds is 4. The Morgan fingerprint density at radius 3 is 2.79 bits per heavy atom. The van der Waals surface area contributed by atoms with E-state index in [1.165, 1.54) is 24.0 Å². The molecule has 3 heterocycles. The van der Waals surface area contributed by atoms with Gasteiger partial charge in [0.1, 0.15) is 5.75 Å². The van der Waals surface area contributed by atoms with Crippen LogP contribution in [0.15, 0.2) is 42.7 Å². The molecule has 2 N–H and O–H groups in total. The van der Waals surface area contributed by atoms with Gasteiger partial charge in [-0.2, -0.15) is 9.49 Å². The average Bonchev–Trinajstić information content (AvgIpc) is 3.13. The largest absolute Gasteiger partial charge is 0.496 e. The molecule has 4 aromatic rings. The predicted octanol–water partition coefficient (Wildman–Crippen LogP) is 3.75. The number of hydrogen-bond acceptors (Lipinski definition) is 7. The van der Waals surface area contributed by atoms with Gasteiger partial charge >= 0.3 is 5.69 Å². The first-order valence-electron chi connectivity index (χ1n) is 8.18. The fraction of sp³-hybridized carbons (Fsp3) is 0.0556. The first-order valence-corrected chi connectivity index (χ1v) is 8.56. The Hall–Kier alpha value is -3.79.